The Hall–Kier alpha value is -3.79. The van der Waals surface area contributed by atoms with Gasteiger partial charge in [0.2, 0.25) is 0 Å². The summed E-state index contributed by atoms with van der Waals surface area (Å²) in [6.07, 6.45) is 3.91. The van der Waals surface area contributed by atoms with Crippen LogP contribution < -0.4 is 4.90 Å². The fourth-order valence-corrected chi connectivity index (χ4v) is 3.05. The number of aromatic nitrogens is 3. The summed E-state index contributed by atoms with van der Waals surface area (Å²) in [5, 5.41) is 8.85. The summed E-state index contributed by atoms with van der Waals surface area (Å²) in [5.74, 6) is 0.584. The summed E-state index contributed by atoms with van der Waals surface area (Å²) in [6.45, 7) is 0. The molecular formula is C25H22N4. The topological polar surface area (TPSA) is 41.9 Å². The first kappa shape index (κ1) is 18.6. The molecule has 0 aliphatic heterocycles. The maximum Gasteiger partial charge on any atom is 0.175 e. The van der Waals surface area contributed by atoms with Crippen LogP contribution in [-0.2, 0) is 0 Å². The summed E-state index contributed by atoms with van der Waals surface area (Å²) < 4.78 is 0. The number of hydrogen-bond donors (Lipinski definition) is 0. The molecule has 4 nitrogen and oxygen atoms in total. The fraction of sp³-hybridized carbons (Fsp3) is 0.0800. The molecule has 0 bridgehead atoms. The number of hydrogen-bond acceptors (Lipinski definition) is 4. The van der Waals surface area contributed by atoms with E-state index in [0.717, 1.165) is 28.1 Å². The Balaban J connectivity index is 1.70. The van der Waals surface area contributed by atoms with Gasteiger partial charge < -0.3 is 4.90 Å². The van der Waals surface area contributed by atoms with Gasteiger partial charge in [0, 0.05) is 30.9 Å². The number of rotatable bonds is 5. The van der Waals surface area contributed by atoms with Gasteiger partial charge in [0.15, 0.2) is 5.82 Å². The Morgan fingerprint density at radius 1 is 0.621 bits per heavy atom. The highest BCUT2D eigenvalue weighted by Gasteiger charge is 2.12. The minimum atomic E-state index is 0.584. The lowest BCUT2D eigenvalue weighted by atomic mass is 10.0. The Morgan fingerprint density at radius 3 is 1.79 bits per heavy atom. The van der Waals surface area contributed by atoms with Crippen molar-refractivity contribution in [3.05, 3.63) is 96.3 Å². The van der Waals surface area contributed by atoms with Crippen molar-refractivity contribution >= 4 is 17.8 Å². The second-order valence-corrected chi connectivity index (χ2v) is 6.92. The number of benzene rings is 3. The normalized spacial score (nSPS) is 11.0. The molecule has 0 aliphatic rings. The maximum atomic E-state index is 4.81. The smallest absolute Gasteiger partial charge is 0.175 e. The van der Waals surface area contributed by atoms with Crippen LogP contribution in [0.2, 0.25) is 0 Å². The lowest BCUT2D eigenvalue weighted by Gasteiger charge is -2.11. The molecule has 0 saturated heterocycles. The summed E-state index contributed by atoms with van der Waals surface area (Å²) in [5.41, 5.74) is 5.89. The van der Waals surface area contributed by atoms with Gasteiger partial charge in [-0.1, -0.05) is 78.9 Å². The second-order valence-electron chi connectivity index (χ2n) is 6.92. The summed E-state index contributed by atoms with van der Waals surface area (Å²) >= 11 is 0. The van der Waals surface area contributed by atoms with E-state index in [1.165, 1.54) is 5.69 Å². The van der Waals surface area contributed by atoms with Crippen molar-refractivity contribution in [1.29, 1.82) is 0 Å². The molecule has 4 heteroatoms. The van der Waals surface area contributed by atoms with Crippen LogP contribution in [0.4, 0.5) is 5.69 Å². The zero-order valence-corrected chi connectivity index (χ0v) is 16.5. The molecule has 29 heavy (non-hydrogen) atoms. The molecule has 0 atom stereocenters. The van der Waals surface area contributed by atoms with Crippen LogP contribution >= 0.6 is 0 Å². The van der Waals surface area contributed by atoms with Crippen molar-refractivity contribution in [2.24, 2.45) is 0 Å². The van der Waals surface area contributed by atoms with E-state index >= 15 is 0 Å². The molecule has 0 aliphatic carbocycles. The minimum absolute atomic E-state index is 0.584. The summed E-state index contributed by atoms with van der Waals surface area (Å²) in [4.78, 5) is 6.89. The van der Waals surface area contributed by atoms with Crippen LogP contribution in [0.3, 0.4) is 0 Å². The van der Waals surface area contributed by atoms with E-state index in [1.54, 1.807) is 0 Å². The van der Waals surface area contributed by atoms with Gasteiger partial charge >= 0.3 is 0 Å². The van der Waals surface area contributed by atoms with Crippen molar-refractivity contribution in [3.8, 4) is 22.5 Å². The first-order valence-electron chi connectivity index (χ1n) is 9.52. The van der Waals surface area contributed by atoms with Crippen LogP contribution in [0.5, 0.6) is 0 Å². The predicted molar refractivity (Wildman–Crippen MR) is 120 cm³/mol. The molecule has 1 heterocycles. The molecule has 142 valence electrons. The predicted octanol–water partition coefficient (Wildman–Crippen LogP) is 5.44. The van der Waals surface area contributed by atoms with Gasteiger partial charge in [0.1, 0.15) is 11.4 Å². The lowest BCUT2D eigenvalue weighted by Crippen LogP contribution is -2.07. The summed E-state index contributed by atoms with van der Waals surface area (Å²) in [7, 11) is 4.06. The molecule has 1 aromatic heterocycles. The maximum absolute atomic E-state index is 4.81. The second kappa shape index (κ2) is 8.48. The molecule has 0 radical (unpaired) electrons. The third kappa shape index (κ3) is 4.38. The molecule has 4 aromatic rings. The van der Waals surface area contributed by atoms with Crippen molar-refractivity contribution in [3.63, 3.8) is 0 Å². The van der Waals surface area contributed by atoms with Crippen molar-refractivity contribution in [1.82, 2.24) is 15.2 Å². The van der Waals surface area contributed by atoms with Crippen LogP contribution in [0.25, 0.3) is 34.7 Å². The molecule has 0 saturated carbocycles. The quantitative estimate of drug-likeness (QED) is 0.464. The molecule has 4 rings (SSSR count). The van der Waals surface area contributed by atoms with E-state index in [1.807, 2.05) is 86.9 Å². The minimum Gasteiger partial charge on any atom is -0.378 e. The average molecular weight is 378 g/mol. The molecular weight excluding hydrogens is 356 g/mol. The van der Waals surface area contributed by atoms with E-state index < -0.39 is 0 Å². The van der Waals surface area contributed by atoms with Crippen LogP contribution in [-0.4, -0.2) is 29.3 Å². The fourth-order valence-electron chi connectivity index (χ4n) is 3.05. The van der Waals surface area contributed by atoms with Crippen molar-refractivity contribution < 1.29 is 0 Å². The van der Waals surface area contributed by atoms with Gasteiger partial charge in [-0.2, -0.15) is 0 Å². The molecule has 0 N–H and O–H groups in total. The zero-order valence-electron chi connectivity index (χ0n) is 16.5. The monoisotopic (exact) mass is 378 g/mol. The molecule has 0 unspecified atom stereocenters. The van der Waals surface area contributed by atoms with E-state index in [9.17, 15) is 0 Å². The van der Waals surface area contributed by atoms with Gasteiger partial charge in [-0.15, -0.1) is 10.2 Å². The molecule has 0 amide bonds. The highest BCUT2D eigenvalue weighted by molar-refractivity contribution is 5.78. The average Bonchev–Trinajstić information content (AvgIpc) is 2.79. The van der Waals surface area contributed by atoms with Crippen LogP contribution in [0.1, 0.15) is 11.4 Å². The third-order valence-corrected chi connectivity index (χ3v) is 4.63. The van der Waals surface area contributed by atoms with E-state index in [2.05, 4.69) is 39.4 Å². The van der Waals surface area contributed by atoms with Gasteiger partial charge in [-0.05, 0) is 23.8 Å². The van der Waals surface area contributed by atoms with E-state index in [0.29, 0.717) is 5.82 Å². The van der Waals surface area contributed by atoms with Gasteiger partial charge in [-0.25, -0.2) is 4.98 Å². The molecule has 0 spiro atoms. The summed E-state index contributed by atoms with van der Waals surface area (Å²) in [6, 6.07) is 28.5. The van der Waals surface area contributed by atoms with Gasteiger partial charge in [-0.3, -0.25) is 0 Å². The van der Waals surface area contributed by atoms with Crippen LogP contribution in [0.15, 0.2) is 84.9 Å². The van der Waals surface area contributed by atoms with Crippen molar-refractivity contribution in [2.75, 3.05) is 19.0 Å². The molecule has 3 aromatic carbocycles. The standard InChI is InChI=1S/C25H22N4/c1-29(2)22-16-13-19(14-17-22)15-18-23-26-24(20-9-5-3-6-10-20)25(28-27-23)21-11-7-4-8-12-21/h3-18H,1-2H3/b18-15+. The first-order chi connectivity index (χ1) is 14.2. The third-order valence-electron chi connectivity index (χ3n) is 4.63. The zero-order chi connectivity index (χ0) is 20.1. The first-order valence-corrected chi connectivity index (χ1v) is 9.52. The van der Waals surface area contributed by atoms with Crippen molar-refractivity contribution in [2.45, 2.75) is 0 Å². The van der Waals surface area contributed by atoms with E-state index in [4.69, 9.17) is 4.98 Å². The number of nitrogens with zero attached hydrogens (tertiary/aromatic N) is 4. The van der Waals surface area contributed by atoms with E-state index in [-0.39, 0.29) is 0 Å². The number of anilines is 1. The molecule has 0 fully saturated rings. The highest BCUT2D eigenvalue weighted by atomic mass is 15.2. The Kier molecular flexibility index (Phi) is 5.43. The van der Waals surface area contributed by atoms with Gasteiger partial charge in [0.25, 0.3) is 0 Å². The highest BCUT2D eigenvalue weighted by Crippen LogP contribution is 2.28. The van der Waals surface area contributed by atoms with Crippen LogP contribution in [0, 0.1) is 0 Å². The van der Waals surface area contributed by atoms with Gasteiger partial charge in [0.05, 0.1) is 0 Å². The Labute approximate surface area is 171 Å². The Bertz CT molecular complexity index is 1100. The largest absolute Gasteiger partial charge is 0.378 e. The Morgan fingerprint density at radius 2 is 1.21 bits per heavy atom. The SMILES string of the molecule is CN(C)c1ccc(/C=C/c2nnc(-c3ccccc3)c(-c3ccccc3)n2)cc1. The lowest BCUT2D eigenvalue weighted by molar-refractivity contribution is 0.964.